The molecule has 0 bridgehead atoms. The molecule has 2 heterocycles. The molecule has 22 heavy (non-hydrogen) atoms. The first-order chi connectivity index (χ1) is 10.7. The van der Waals surface area contributed by atoms with Crippen LogP contribution in [0, 0.1) is 17.8 Å². The van der Waals surface area contributed by atoms with Crippen molar-refractivity contribution in [2.24, 2.45) is 17.8 Å². The highest BCUT2D eigenvalue weighted by Crippen LogP contribution is 2.54. The van der Waals surface area contributed by atoms with Gasteiger partial charge in [0.1, 0.15) is 11.5 Å². The fraction of sp³-hybridized carbons (Fsp3) is 0.944. The Balaban J connectivity index is 1.67. The quantitative estimate of drug-likeness (QED) is 0.746. The molecule has 0 amide bonds. The molecule has 2 saturated carbocycles. The van der Waals surface area contributed by atoms with Gasteiger partial charge in [0, 0.05) is 31.3 Å². The van der Waals surface area contributed by atoms with Crippen LogP contribution in [0.25, 0.3) is 0 Å². The minimum atomic E-state index is -0.111. The lowest BCUT2D eigenvalue weighted by Gasteiger charge is -2.60. The van der Waals surface area contributed by atoms with Crippen molar-refractivity contribution in [2.75, 3.05) is 26.3 Å². The van der Waals surface area contributed by atoms with Crippen LogP contribution in [0.4, 0.5) is 0 Å². The number of hydrogen-bond donors (Lipinski definition) is 0. The Hall–Kier alpha value is -0.450. The summed E-state index contributed by atoms with van der Waals surface area (Å²) in [6.07, 6.45) is 8.08. The van der Waals surface area contributed by atoms with Crippen LogP contribution >= 0.6 is 0 Å². The number of ether oxygens (including phenoxy) is 2. The number of fused-ring (bicyclic) bond motifs is 3. The number of carbonyl (C=O) groups is 1. The van der Waals surface area contributed by atoms with E-state index in [4.69, 9.17) is 9.47 Å². The van der Waals surface area contributed by atoms with Crippen LogP contribution in [0.3, 0.4) is 0 Å². The van der Waals surface area contributed by atoms with Crippen LogP contribution in [0.1, 0.15) is 51.9 Å². The molecular formula is C18H29NO3. The third-order valence-electron chi connectivity index (χ3n) is 6.63. The molecule has 4 nitrogen and oxygen atoms in total. The maximum Gasteiger partial charge on any atom is 0.138 e. The molecule has 0 aromatic rings. The van der Waals surface area contributed by atoms with E-state index in [1.54, 1.807) is 0 Å². The van der Waals surface area contributed by atoms with Gasteiger partial charge >= 0.3 is 0 Å². The van der Waals surface area contributed by atoms with Gasteiger partial charge in [0.15, 0.2) is 0 Å². The van der Waals surface area contributed by atoms with E-state index in [0.717, 1.165) is 45.6 Å². The van der Waals surface area contributed by atoms with E-state index in [-0.39, 0.29) is 17.7 Å². The summed E-state index contributed by atoms with van der Waals surface area (Å²) < 4.78 is 12.3. The summed E-state index contributed by atoms with van der Waals surface area (Å²) in [7, 11) is 0. The van der Waals surface area contributed by atoms with Crippen LogP contribution in [0.15, 0.2) is 0 Å². The molecule has 4 fully saturated rings. The monoisotopic (exact) mass is 307 g/mol. The zero-order valence-corrected chi connectivity index (χ0v) is 13.8. The molecule has 2 saturated heterocycles. The van der Waals surface area contributed by atoms with Crippen molar-refractivity contribution in [2.45, 2.75) is 63.7 Å². The number of carbonyl (C=O) groups excluding carboxylic acids is 1. The Morgan fingerprint density at radius 3 is 2.77 bits per heavy atom. The molecule has 0 N–H and O–H groups in total. The molecule has 0 aromatic heterocycles. The van der Waals surface area contributed by atoms with Crippen LogP contribution < -0.4 is 0 Å². The highest BCUT2D eigenvalue weighted by Gasteiger charge is 2.58. The van der Waals surface area contributed by atoms with E-state index in [2.05, 4.69) is 11.8 Å². The lowest BCUT2D eigenvalue weighted by Crippen LogP contribution is -2.68. The number of ketones is 1. The van der Waals surface area contributed by atoms with Gasteiger partial charge in [0.25, 0.3) is 0 Å². The zero-order chi connectivity index (χ0) is 15.2. The van der Waals surface area contributed by atoms with E-state index in [0.29, 0.717) is 17.6 Å². The molecule has 0 radical (unpaired) electrons. The first kappa shape index (κ1) is 15.1. The molecule has 0 aromatic carbocycles. The van der Waals surface area contributed by atoms with E-state index in [9.17, 15) is 4.79 Å². The van der Waals surface area contributed by atoms with E-state index < -0.39 is 0 Å². The summed E-state index contributed by atoms with van der Waals surface area (Å²) in [4.78, 5) is 15.0. The van der Waals surface area contributed by atoms with Gasteiger partial charge in [-0.2, -0.15) is 0 Å². The predicted octanol–water partition coefficient (Wildman–Crippen LogP) is 2.61. The summed E-state index contributed by atoms with van der Waals surface area (Å²) in [5, 5.41) is 0. The summed E-state index contributed by atoms with van der Waals surface area (Å²) in [5.41, 5.74) is -0.111. The summed E-state index contributed by atoms with van der Waals surface area (Å²) in [6, 6.07) is 0. The Labute approximate surface area is 133 Å². The maximum atomic E-state index is 12.5. The maximum absolute atomic E-state index is 12.5. The van der Waals surface area contributed by atoms with E-state index in [1.165, 1.54) is 25.7 Å². The lowest BCUT2D eigenvalue weighted by molar-refractivity contribution is -0.292. The Bertz CT molecular complexity index is 434. The molecule has 4 heteroatoms. The summed E-state index contributed by atoms with van der Waals surface area (Å²) >= 11 is 0. The van der Waals surface area contributed by atoms with Gasteiger partial charge < -0.3 is 9.47 Å². The molecule has 4 rings (SSSR count). The van der Waals surface area contributed by atoms with E-state index >= 15 is 0 Å². The number of nitrogens with zero attached hydrogens (tertiary/aromatic N) is 1. The minimum absolute atomic E-state index is 0.0787. The highest BCUT2D eigenvalue weighted by molar-refractivity contribution is 5.82. The first-order valence-electron chi connectivity index (χ1n) is 9.26. The molecule has 5 unspecified atom stereocenters. The van der Waals surface area contributed by atoms with Crippen LogP contribution in [-0.2, 0) is 14.3 Å². The molecule has 5 atom stereocenters. The van der Waals surface area contributed by atoms with Crippen molar-refractivity contribution in [3.63, 3.8) is 0 Å². The van der Waals surface area contributed by atoms with Crippen molar-refractivity contribution in [3.05, 3.63) is 0 Å². The fourth-order valence-electron chi connectivity index (χ4n) is 5.81. The Morgan fingerprint density at radius 2 is 1.95 bits per heavy atom. The minimum Gasteiger partial charge on any atom is -0.379 e. The highest BCUT2D eigenvalue weighted by atomic mass is 16.5. The molecular weight excluding hydrogens is 278 g/mol. The van der Waals surface area contributed by atoms with Crippen molar-refractivity contribution in [1.82, 2.24) is 4.90 Å². The van der Waals surface area contributed by atoms with Gasteiger partial charge in [-0.15, -0.1) is 0 Å². The fourth-order valence-corrected chi connectivity index (χ4v) is 5.81. The lowest BCUT2D eigenvalue weighted by atomic mass is 9.60. The average Bonchev–Trinajstić information content (AvgIpc) is 2.55. The largest absolute Gasteiger partial charge is 0.379 e. The zero-order valence-electron chi connectivity index (χ0n) is 13.8. The van der Waals surface area contributed by atoms with Crippen molar-refractivity contribution < 1.29 is 14.3 Å². The topological polar surface area (TPSA) is 38.8 Å². The van der Waals surface area contributed by atoms with Gasteiger partial charge in [0.05, 0.1) is 19.3 Å². The van der Waals surface area contributed by atoms with Gasteiger partial charge in [-0.3, -0.25) is 9.69 Å². The molecule has 2 aliphatic heterocycles. The second kappa shape index (κ2) is 5.88. The second-order valence-electron chi connectivity index (χ2n) is 7.67. The third-order valence-corrected chi connectivity index (χ3v) is 6.63. The van der Waals surface area contributed by atoms with Gasteiger partial charge in [0.2, 0.25) is 0 Å². The number of Topliss-reactive ketones (excluding diaryl/α,β-unsaturated/α-hetero) is 1. The van der Waals surface area contributed by atoms with Crippen LogP contribution in [-0.4, -0.2) is 48.8 Å². The predicted molar refractivity (Wildman–Crippen MR) is 83.5 cm³/mol. The average molecular weight is 307 g/mol. The van der Waals surface area contributed by atoms with Crippen molar-refractivity contribution in [1.29, 1.82) is 0 Å². The van der Waals surface area contributed by atoms with Crippen molar-refractivity contribution in [3.8, 4) is 0 Å². The van der Waals surface area contributed by atoms with Gasteiger partial charge in [-0.25, -0.2) is 0 Å². The smallest absolute Gasteiger partial charge is 0.138 e. The van der Waals surface area contributed by atoms with Crippen molar-refractivity contribution >= 4 is 5.78 Å². The standard InChI is InChI=1S/C18H29NO3/c1-13-17-14(5-4-7-16(17)20)15-6-2-3-8-18(15,22-13)19-9-11-21-12-10-19/h13-15,17H,2-12H2,1H3. The summed E-state index contributed by atoms with van der Waals surface area (Å²) in [6.45, 7) is 5.75. The normalized spacial score (nSPS) is 46.9. The van der Waals surface area contributed by atoms with Gasteiger partial charge in [-0.1, -0.05) is 6.42 Å². The molecule has 4 aliphatic rings. The Morgan fingerprint density at radius 1 is 1.14 bits per heavy atom. The second-order valence-corrected chi connectivity index (χ2v) is 7.67. The number of hydrogen-bond acceptors (Lipinski definition) is 4. The molecule has 0 spiro atoms. The van der Waals surface area contributed by atoms with Crippen LogP contribution in [0.5, 0.6) is 0 Å². The third kappa shape index (κ3) is 2.26. The van der Waals surface area contributed by atoms with Gasteiger partial charge in [-0.05, 0) is 44.9 Å². The first-order valence-corrected chi connectivity index (χ1v) is 9.26. The Kier molecular flexibility index (Phi) is 4.04. The number of rotatable bonds is 1. The number of morpholine rings is 1. The summed E-state index contributed by atoms with van der Waals surface area (Å²) in [5.74, 6) is 1.72. The van der Waals surface area contributed by atoms with E-state index in [1.807, 2.05) is 0 Å². The van der Waals surface area contributed by atoms with Crippen LogP contribution in [0.2, 0.25) is 0 Å². The molecule has 2 aliphatic carbocycles. The SMILES string of the molecule is CC1OC2(N3CCOCC3)CCCCC2C2CCCC(=O)C12. The molecule has 124 valence electrons.